The van der Waals surface area contributed by atoms with Crippen LogP contribution in [0.4, 0.5) is 0 Å². The fraction of sp³-hybridized carbons (Fsp3) is 0.857. The van der Waals surface area contributed by atoms with E-state index in [1.54, 1.807) is 0 Å². The van der Waals surface area contributed by atoms with Crippen molar-refractivity contribution in [3.05, 3.63) is 12.2 Å². The lowest BCUT2D eigenvalue weighted by molar-refractivity contribution is -0.137. The second-order valence-electron chi connectivity index (χ2n) is 7.83. The number of aliphatic hydroxyl groups excluding tert-OH is 2. The zero-order chi connectivity index (χ0) is 18.7. The minimum absolute atomic E-state index is 0.156. The van der Waals surface area contributed by atoms with Crippen molar-refractivity contribution in [1.82, 2.24) is 0 Å². The molecular formula is C21H38O4. The summed E-state index contributed by atoms with van der Waals surface area (Å²) in [5.41, 5.74) is 0. The zero-order valence-corrected chi connectivity index (χ0v) is 16.1. The van der Waals surface area contributed by atoms with Gasteiger partial charge in [-0.2, -0.15) is 0 Å². The summed E-state index contributed by atoms with van der Waals surface area (Å²) in [6.45, 7) is 4.44. The summed E-state index contributed by atoms with van der Waals surface area (Å²) in [7, 11) is 0. The van der Waals surface area contributed by atoms with Gasteiger partial charge in [-0.1, -0.05) is 58.1 Å². The lowest BCUT2D eigenvalue weighted by Crippen LogP contribution is -2.21. The van der Waals surface area contributed by atoms with Gasteiger partial charge in [-0.05, 0) is 49.9 Å². The van der Waals surface area contributed by atoms with Gasteiger partial charge in [0.15, 0.2) is 0 Å². The largest absolute Gasteiger partial charge is 0.481 e. The Labute approximate surface area is 153 Å². The number of hydrogen-bond donors (Lipinski definition) is 3. The molecule has 25 heavy (non-hydrogen) atoms. The molecule has 0 spiro atoms. The standard InChI is InChI=1S/C21H38O4/c1-3-4-10-16(2)11-9-13-18-17(19(22)15-20(18)23)12-7-5-6-8-14-21(24)25/h9,11,16-20,22-23H,3-8,10,12-15H2,1-2H3,(H,24,25)/t16?,17-,18-,19+,20-/m1/s1. The van der Waals surface area contributed by atoms with Crippen LogP contribution >= 0.6 is 0 Å². The average Bonchev–Trinajstić information content (AvgIpc) is 2.82. The fourth-order valence-corrected chi connectivity index (χ4v) is 4.01. The van der Waals surface area contributed by atoms with Gasteiger partial charge in [-0.15, -0.1) is 0 Å². The maximum Gasteiger partial charge on any atom is 0.303 e. The maximum atomic E-state index is 10.5. The highest BCUT2D eigenvalue weighted by Gasteiger charge is 2.40. The molecule has 146 valence electrons. The van der Waals surface area contributed by atoms with Crippen LogP contribution in [0.5, 0.6) is 0 Å². The van der Waals surface area contributed by atoms with E-state index in [2.05, 4.69) is 26.0 Å². The van der Waals surface area contributed by atoms with Crippen LogP contribution < -0.4 is 0 Å². The Kier molecular flexibility index (Phi) is 11.1. The second-order valence-corrected chi connectivity index (χ2v) is 7.83. The first kappa shape index (κ1) is 22.2. The smallest absolute Gasteiger partial charge is 0.303 e. The van der Waals surface area contributed by atoms with Crippen molar-refractivity contribution in [2.45, 2.75) is 96.7 Å². The zero-order valence-electron chi connectivity index (χ0n) is 16.1. The summed E-state index contributed by atoms with van der Waals surface area (Å²) in [6, 6.07) is 0. The maximum absolute atomic E-state index is 10.5. The molecule has 0 saturated heterocycles. The number of aliphatic carboxylic acids is 1. The van der Waals surface area contributed by atoms with E-state index in [1.165, 1.54) is 19.3 Å². The van der Waals surface area contributed by atoms with E-state index < -0.39 is 18.2 Å². The number of carbonyl (C=O) groups is 1. The summed E-state index contributed by atoms with van der Waals surface area (Å²) in [4.78, 5) is 10.5. The van der Waals surface area contributed by atoms with Crippen LogP contribution in [0, 0.1) is 17.8 Å². The topological polar surface area (TPSA) is 77.8 Å². The normalized spacial score (nSPS) is 27.8. The van der Waals surface area contributed by atoms with Gasteiger partial charge in [0.25, 0.3) is 0 Å². The van der Waals surface area contributed by atoms with Crippen molar-refractivity contribution in [3.63, 3.8) is 0 Å². The second kappa shape index (κ2) is 12.5. The third kappa shape index (κ3) is 8.87. The Morgan fingerprint density at radius 3 is 2.44 bits per heavy atom. The molecule has 1 aliphatic rings. The van der Waals surface area contributed by atoms with E-state index in [0.29, 0.717) is 12.3 Å². The lowest BCUT2D eigenvalue weighted by atomic mass is 9.86. The summed E-state index contributed by atoms with van der Waals surface area (Å²) < 4.78 is 0. The Morgan fingerprint density at radius 2 is 1.76 bits per heavy atom. The molecule has 0 aromatic heterocycles. The van der Waals surface area contributed by atoms with Gasteiger partial charge in [0.05, 0.1) is 12.2 Å². The number of carboxylic acids is 1. The highest BCUT2D eigenvalue weighted by Crippen LogP contribution is 2.38. The molecule has 5 atom stereocenters. The molecule has 1 aliphatic carbocycles. The molecular weight excluding hydrogens is 316 g/mol. The van der Waals surface area contributed by atoms with Crippen LogP contribution in [0.1, 0.15) is 84.5 Å². The predicted molar refractivity (Wildman–Crippen MR) is 101 cm³/mol. The van der Waals surface area contributed by atoms with Gasteiger partial charge >= 0.3 is 5.97 Å². The first-order chi connectivity index (χ1) is 12.0. The molecule has 0 heterocycles. The number of hydrogen-bond acceptors (Lipinski definition) is 3. The SMILES string of the molecule is CCCCC(C)C=CC[C@@H]1[C@@H](CCCCCCC(=O)O)[C@@H](O)C[C@H]1O. The van der Waals surface area contributed by atoms with Crippen LogP contribution in [-0.4, -0.2) is 33.5 Å². The monoisotopic (exact) mass is 354 g/mol. The van der Waals surface area contributed by atoms with Crippen molar-refractivity contribution in [2.75, 3.05) is 0 Å². The molecule has 0 aliphatic heterocycles. The van der Waals surface area contributed by atoms with Crippen LogP contribution in [0.3, 0.4) is 0 Å². The van der Waals surface area contributed by atoms with Crippen molar-refractivity contribution < 1.29 is 20.1 Å². The Hall–Kier alpha value is -0.870. The van der Waals surface area contributed by atoms with Gasteiger partial charge in [-0.3, -0.25) is 4.79 Å². The first-order valence-electron chi connectivity index (χ1n) is 10.2. The average molecular weight is 355 g/mol. The molecule has 3 N–H and O–H groups in total. The van der Waals surface area contributed by atoms with Crippen molar-refractivity contribution in [1.29, 1.82) is 0 Å². The molecule has 4 nitrogen and oxygen atoms in total. The third-order valence-electron chi connectivity index (χ3n) is 5.59. The Morgan fingerprint density at radius 1 is 1.08 bits per heavy atom. The van der Waals surface area contributed by atoms with Gasteiger partial charge < -0.3 is 15.3 Å². The van der Waals surface area contributed by atoms with Gasteiger partial charge in [0.1, 0.15) is 0 Å². The van der Waals surface area contributed by atoms with E-state index in [4.69, 9.17) is 5.11 Å². The molecule has 4 heteroatoms. The Bertz CT molecular complexity index is 393. The minimum atomic E-state index is -0.727. The van der Waals surface area contributed by atoms with Crippen LogP contribution in [0.2, 0.25) is 0 Å². The van der Waals surface area contributed by atoms with Crippen LogP contribution in [0.15, 0.2) is 12.2 Å². The summed E-state index contributed by atoms with van der Waals surface area (Å²) in [5.74, 6) is 0.180. The molecule has 1 unspecified atom stereocenters. The molecule has 1 fully saturated rings. The van der Waals surface area contributed by atoms with E-state index in [9.17, 15) is 15.0 Å². The lowest BCUT2D eigenvalue weighted by Gasteiger charge is -2.22. The van der Waals surface area contributed by atoms with Crippen LogP contribution in [0.25, 0.3) is 0 Å². The molecule has 0 aromatic carbocycles. The highest BCUT2D eigenvalue weighted by molar-refractivity contribution is 5.66. The predicted octanol–water partition coefficient (Wildman–Crippen LogP) is 4.54. The fourth-order valence-electron chi connectivity index (χ4n) is 4.01. The van der Waals surface area contributed by atoms with Crippen molar-refractivity contribution >= 4 is 5.97 Å². The first-order valence-corrected chi connectivity index (χ1v) is 10.2. The van der Waals surface area contributed by atoms with Gasteiger partial charge in [0, 0.05) is 6.42 Å². The highest BCUT2D eigenvalue weighted by atomic mass is 16.4. The molecule has 1 rings (SSSR count). The molecule has 0 bridgehead atoms. The molecule has 1 saturated carbocycles. The van der Waals surface area contributed by atoms with E-state index in [1.807, 2.05) is 0 Å². The minimum Gasteiger partial charge on any atom is -0.481 e. The number of aliphatic hydroxyl groups is 2. The number of rotatable bonds is 13. The summed E-state index contributed by atoms with van der Waals surface area (Å²) >= 11 is 0. The molecule has 0 aromatic rings. The van der Waals surface area contributed by atoms with Gasteiger partial charge in [0.2, 0.25) is 0 Å². The summed E-state index contributed by atoms with van der Waals surface area (Å²) in [6.07, 6.45) is 13.5. The molecule has 0 radical (unpaired) electrons. The van der Waals surface area contributed by atoms with E-state index in [-0.39, 0.29) is 18.3 Å². The number of carboxylic acid groups (broad SMARTS) is 1. The van der Waals surface area contributed by atoms with E-state index >= 15 is 0 Å². The summed E-state index contributed by atoms with van der Waals surface area (Å²) in [5, 5.41) is 29.2. The van der Waals surface area contributed by atoms with Crippen molar-refractivity contribution in [3.8, 4) is 0 Å². The van der Waals surface area contributed by atoms with Crippen LogP contribution in [-0.2, 0) is 4.79 Å². The Balaban J connectivity index is 2.34. The third-order valence-corrected chi connectivity index (χ3v) is 5.59. The van der Waals surface area contributed by atoms with Gasteiger partial charge in [-0.25, -0.2) is 0 Å². The number of allylic oxidation sites excluding steroid dienone is 2. The quantitative estimate of drug-likeness (QED) is 0.335. The molecule has 0 amide bonds. The number of unbranched alkanes of at least 4 members (excludes halogenated alkanes) is 4. The van der Waals surface area contributed by atoms with Crippen molar-refractivity contribution in [2.24, 2.45) is 17.8 Å². The van der Waals surface area contributed by atoms with E-state index in [0.717, 1.165) is 38.5 Å².